The molecule has 3 heterocycles. The molecule has 0 radical (unpaired) electrons. The van der Waals surface area contributed by atoms with Gasteiger partial charge in [-0.2, -0.15) is 0 Å². The summed E-state index contributed by atoms with van der Waals surface area (Å²) in [5, 5.41) is 21.9. The van der Waals surface area contributed by atoms with E-state index in [1.807, 2.05) is 0 Å². The van der Waals surface area contributed by atoms with Gasteiger partial charge in [-0.3, -0.25) is 4.79 Å². The molecule has 5 rings (SSSR count). The molecule has 8 atom stereocenters. The molecule has 5 aliphatic rings. The summed E-state index contributed by atoms with van der Waals surface area (Å²) in [6.45, 7) is 4.92. The second-order valence-electron chi connectivity index (χ2n) is 8.06. The largest absolute Gasteiger partial charge is 0.458 e. The van der Waals surface area contributed by atoms with Gasteiger partial charge in [0.15, 0.2) is 6.10 Å². The molecule has 2 N–H and O–H groups in total. The van der Waals surface area contributed by atoms with Crippen molar-refractivity contribution >= 4 is 11.9 Å². The van der Waals surface area contributed by atoms with E-state index in [2.05, 4.69) is 0 Å². The van der Waals surface area contributed by atoms with Crippen molar-refractivity contribution in [2.45, 2.75) is 62.3 Å². The minimum atomic E-state index is -1.47. The number of carbonyl (C=O) groups is 2. The Balaban J connectivity index is 1.76. The first-order valence-corrected chi connectivity index (χ1v) is 7.63. The summed E-state index contributed by atoms with van der Waals surface area (Å²) in [7, 11) is 0. The van der Waals surface area contributed by atoms with Crippen LogP contribution in [0.15, 0.2) is 0 Å². The summed E-state index contributed by atoms with van der Waals surface area (Å²) < 4.78 is 16.5. The standard InChI is InChI=1S/C15H18O7/c1-12(2,18)6-7-10(16)20-8(6)9-13(3)14(7,19)4-5-15(13,22-5)11(17)21-9/h5-9,18-19H,4H2,1-3H3/t5-,6+,7-,8+,9-,13-,14-,15+/m1/s1. The van der Waals surface area contributed by atoms with E-state index >= 15 is 0 Å². The fourth-order valence-electron chi connectivity index (χ4n) is 5.83. The summed E-state index contributed by atoms with van der Waals surface area (Å²) in [6, 6.07) is 0. The monoisotopic (exact) mass is 310 g/mol. The number of esters is 2. The zero-order chi connectivity index (χ0) is 15.9. The van der Waals surface area contributed by atoms with Gasteiger partial charge >= 0.3 is 11.9 Å². The Morgan fingerprint density at radius 2 is 1.95 bits per heavy atom. The van der Waals surface area contributed by atoms with Gasteiger partial charge in [0.05, 0.1) is 22.5 Å². The maximum atomic E-state index is 12.4. The van der Waals surface area contributed by atoms with E-state index in [0.29, 0.717) is 0 Å². The number of hydrogen-bond acceptors (Lipinski definition) is 7. The van der Waals surface area contributed by atoms with Crippen molar-refractivity contribution < 1.29 is 34.0 Å². The summed E-state index contributed by atoms with van der Waals surface area (Å²) in [5.74, 6) is -2.51. The molecule has 120 valence electrons. The molecule has 3 aliphatic heterocycles. The number of ether oxygens (including phenoxy) is 3. The molecule has 2 bridgehead atoms. The van der Waals surface area contributed by atoms with Crippen molar-refractivity contribution in [1.29, 1.82) is 0 Å². The van der Waals surface area contributed by atoms with Crippen LogP contribution in [0.4, 0.5) is 0 Å². The van der Waals surface area contributed by atoms with Crippen LogP contribution in [-0.2, 0) is 23.8 Å². The molecule has 0 unspecified atom stereocenters. The number of carbonyl (C=O) groups excluding carboxylic acids is 2. The lowest BCUT2D eigenvalue weighted by atomic mass is 9.52. The van der Waals surface area contributed by atoms with Crippen molar-refractivity contribution in [3.63, 3.8) is 0 Å². The Bertz CT molecular complexity index is 638. The Kier molecular flexibility index (Phi) is 1.85. The van der Waals surface area contributed by atoms with Crippen molar-refractivity contribution in [2.24, 2.45) is 17.3 Å². The molecule has 0 amide bonds. The van der Waals surface area contributed by atoms with Gasteiger partial charge in [-0.05, 0) is 20.8 Å². The molecule has 0 aromatic carbocycles. The molecule has 0 aromatic heterocycles. The molecular formula is C15H18O7. The van der Waals surface area contributed by atoms with Crippen molar-refractivity contribution in [2.75, 3.05) is 0 Å². The van der Waals surface area contributed by atoms with Crippen LogP contribution < -0.4 is 0 Å². The number of rotatable bonds is 1. The van der Waals surface area contributed by atoms with E-state index in [4.69, 9.17) is 14.2 Å². The summed E-state index contributed by atoms with van der Waals surface area (Å²) in [5.41, 5.74) is -4.89. The van der Waals surface area contributed by atoms with Crippen LogP contribution in [0, 0.1) is 17.3 Å². The minimum Gasteiger partial charge on any atom is -0.458 e. The number of aliphatic hydroxyl groups is 2. The van der Waals surface area contributed by atoms with Gasteiger partial charge in [-0.1, -0.05) is 0 Å². The zero-order valence-corrected chi connectivity index (χ0v) is 12.5. The number of epoxide rings is 1. The molecular weight excluding hydrogens is 292 g/mol. The van der Waals surface area contributed by atoms with E-state index in [1.54, 1.807) is 20.8 Å². The average Bonchev–Trinajstić information content (AvgIpc) is 2.85. The summed E-state index contributed by atoms with van der Waals surface area (Å²) in [4.78, 5) is 24.8. The maximum Gasteiger partial charge on any atom is 0.342 e. The van der Waals surface area contributed by atoms with Crippen LogP contribution in [0.2, 0.25) is 0 Å². The van der Waals surface area contributed by atoms with E-state index < -0.39 is 64.3 Å². The molecule has 7 nitrogen and oxygen atoms in total. The molecule has 5 fully saturated rings. The molecule has 7 heteroatoms. The quantitative estimate of drug-likeness (QED) is 0.479. The molecule has 22 heavy (non-hydrogen) atoms. The topological polar surface area (TPSA) is 106 Å². The fourth-order valence-corrected chi connectivity index (χ4v) is 5.83. The average molecular weight is 310 g/mol. The normalized spacial score (nSPS) is 60.7. The molecule has 2 saturated carbocycles. The Hall–Kier alpha value is -1.18. The fraction of sp³-hybridized carbons (Fsp3) is 0.867. The molecule has 0 aromatic rings. The van der Waals surface area contributed by atoms with E-state index in [1.165, 1.54) is 0 Å². The second-order valence-corrected chi connectivity index (χ2v) is 8.06. The van der Waals surface area contributed by atoms with Gasteiger partial charge in [-0.25, -0.2) is 4.79 Å². The number of hydrogen-bond donors (Lipinski definition) is 2. The third-order valence-corrected chi connectivity index (χ3v) is 6.85. The zero-order valence-electron chi connectivity index (χ0n) is 12.5. The first kappa shape index (κ1) is 13.3. The van der Waals surface area contributed by atoms with E-state index in [0.717, 1.165) is 0 Å². The highest BCUT2D eigenvalue weighted by molar-refractivity contribution is 5.91. The predicted molar refractivity (Wildman–Crippen MR) is 68.3 cm³/mol. The summed E-state index contributed by atoms with van der Waals surface area (Å²) in [6.07, 6.45) is -1.78. The lowest BCUT2D eigenvalue weighted by Gasteiger charge is -2.53. The smallest absolute Gasteiger partial charge is 0.342 e. The molecule has 1 spiro atoms. The Labute approximate surface area is 126 Å². The Morgan fingerprint density at radius 3 is 2.59 bits per heavy atom. The lowest BCUT2D eigenvalue weighted by molar-refractivity contribution is -0.223. The summed E-state index contributed by atoms with van der Waals surface area (Å²) >= 11 is 0. The first-order chi connectivity index (χ1) is 10.1. The van der Waals surface area contributed by atoms with Crippen LogP contribution >= 0.6 is 0 Å². The van der Waals surface area contributed by atoms with Crippen molar-refractivity contribution in [1.82, 2.24) is 0 Å². The first-order valence-electron chi connectivity index (χ1n) is 7.63. The van der Waals surface area contributed by atoms with Crippen LogP contribution in [-0.4, -0.2) is 57.3 Å². The number of fused-ring (bicyclic) bond motifs is 4. The second kappa shape index (κ2) is 3.07. The molecule has 2 aliphatic carbocycles. The highest BCUT2D eigenvalue weighted by Gasteiger charge is 2.95. The van der Waals surface area contributed by atoms with Crippen molar-refractivity contribution in [3.8, 4) is 0 Å². The lowest BCUT2D eigenvalue weighted by Crippen LogP contribution is -2.68. The third kappa shape index (κ3) is 0.962. The van der Waals surface area contributed by atoms with E-state index in [9.17, 15) is 19.8 Å². The maximum absolute atomic E-state index is 12.4. The van der Waals surface area contributed by atoms with Crippen molar-refractivity contribution in [3.05, 3.63) is 0 Å². The van der Waals surface area contributed by atoms with Gasteiger partial charge in [-0.15, -0.1) is 0 Å². The highest BCUT2D eigenvalue weighted by Crippen LogP contribution is 2.77. The van der Waals surface area contributed by atoms with Crippen LogP contribution in [0.3, 0.4) is 0 Å². The highest BCUT2D eigenvalue weighted by atomic mass is 16.7. The SMILES string of the molecule is CC(C)(O)[C@@H]1[C@@H]2OC(=O)[C@@H]1[C@]1(O)C[C@H]3O[C@]34C(=O)O[C@H]2[C@]14C. The van der Waals surface area contributed by atoms with Gasteiger partial charge in [0.2, 0.25) is 5.60 Å². The van der Waals surface area contributed by atoms with Gasteiger partial charge < -0.3 is 24.4 Å². The van der Waals surface area contributed by atoms with Gasteiger partial charge in [0, 0.05) is 12.3 Å². The van der Waals surface area contributed by atoms with E-state index in [-0.39, 0.29) is 6.42 Å². The predicted octanol–water partition coefficient (Wildman–Crippen LogP) is -0.867. The minimum absolute atomic E-state index is 0.189. The van der Waals surface area contributed by atoms with Gasteiger partial charge in [0.1, 0.15) is 12.2 Å². The Morgan fingerprint density at radius 1 is 1.27 bits per heavy atom. The van der Waals surface area contributed by atoms with Crippen LogP contribution in [0.5, 0.6) is 0 Å². The third-order valence-electron chi connectivity index (χ3n) is 6.85. The van der Waals surface area contributed by atoms with Crippen LogP contribution in [0.25, 0.3) is 0 Å². The van der Waals surface area contributed by atoms with Gasteiger partial charge in [0.25, 0.3) is 0 Å². The molecule has 3 saturated heterocycles. The van der Waals surface area contributed by atoms with Crippen LogP contribution in [0.1, 0.15) is 27.2 Å².